The zero-order valence-corrected chi connectivity index (χ0v) is 11.6. The molecule has 0 amide bonds. The standard InChI is InChI=1S/C16H21NO2/c1-3-8-16(4-2)15-13(7-9-19-16)12-6-5-11(18)10-14(12)17-15/h5-6,10,17-18H,3-4,7-9H2,1-2H3. The number of ether oxygens (including phenoxy) is 1. The van der Waals surface area contributed by atoms with Gasteiger partial charge in [0.25, 0.3) is 0 Å². The number of aromatic amines is 1. The van der Waals surface area contributed by atoms with Gasteiger partial charge in [-0.1, -0.05) is 20.3 Å². The van der Waals surface area contributed by atoms with E-state index in [1.807, 2.05) is 6.07 Å². The quantitative estimate of drug-likeness (QED) is 0.879. The Hall–Kier alpha value is -1.48. The highest BCUT2D eigenvalue weighted by Crippen LogP contribution is 2.42. The Bertz CT molecular complexity index is 602. The number of benzene rings is 1. The van der Waals surface area contributed by atoms with E-state index in [1.165, 1.54) is 16.6 Å². The summed E-state index contributed by atoms with van der Waals surface area (Å²) in [7, 11) is 0. The highest BCUT2D eigenvalue weighted by atomic mass is 16.5. The third-order valence-corrected chi connectivity index (χ3v) is 4.30. The van der Waals surface area contributed by atoms with E-state index in [0.717, 1.165) is 37.8 Å². The Kier molecular flexibility index (Phi) is 3.02. The second-order valence-corrected chi connectivity index (χ2v) is 5.40. The Morgan fingerprint density at radius 3 is 2.95 bits per heavy atom. The van der Waals surface area contributed by atoms with Gasteiger partial charge in [-0.05, 0) is 37.0 Å². The van der Waals surface area contributed by atoms with Crippen molar-refractivity contribution in [3.05, 3.63) is 29.5 Å². The van der Waals surface area contributed by atoms with Crippen LogP contribution >= 0.6 is 0 Å². The smallest absolute Gasteiger partial charge is 0.117 e. The summed E-state index contributed by atoms with van der Waals surface area (Å²) in [5, 5.41) is 10.9. The molecule has 0 radical (unpaired) electrons. The van der Waals surface area contributed by atoms with Crippen LogP contribution in [0.2, 0.25) is 0 Å². The molecule has 1 aliphatic rings. The van der Waals surface area contributed by atoms with Crippen LogP contribution in [0.3, 0.4) is 0 Å². The number of phenolic OH excluding ortho intramolecular Hbond substituents is 1. The molecule has 19 heavy (non-hydrogen) atoms. The molecule has 1 aliphatic heterocycles. The van der Waals surface area contributed by atoms with Crippen LogP contribution in [0.4, 0.5) is 0 Å². The number of aromatic nitrogens is 1. The molecule has 0 aliphatic carbocycles. The van der Waals surface area contributed by atoms with Gasteiger partial charge in [-0.3, -0.25) is 0 Å². The van der Waals surface area contributed by atoms with E-state index in [2.05, 4.69) is 18.8 Å². The third kappa shape index (κ3) is 1.84. The van der Waals surface area contributed by atoms with E-state index in [0.29, 0.717) is 5.75 Å². The number of fused-ring (bicyclic) bond motifs is 3. The topological polar surface area (TPSA) is 45.2 Å². The molecule has 0 bridgehead atoms. The van der Waals surface area contributed by atoms with Crippen molar-refractivity contribution in [3.63, 3.8) is 0 Å². The molecular formula is C16H21NO2. The van der Waals surface area contributed by atoms with Crippen molar-refractivity contribution in [2.75, 3.05) is 6.61 Å². The van der Waals surface area contributed by atoms with Gasteiger partial charge in [0.15, 0.2) is 0 Å². The first-order valence-electron chi connectivity index (χ1n) is 7.18. The summed E-state index contributed by atoms with van der Waals surface area (Å²) in [6.07, 6.45) is 4.07. The van der Waals surface area contributed by atoms with Crippen molar-refractivity contribution in [3.8, 4) is 5.75 Å². The van der Waals surface area contributed by atoms with Crippen LogP contribution in [0, 0.1) is 0 Å². The number of phenols is 1. The fourth-order valence-electron chi connectivity index (χ4n) is 3.37. The SMILES string of the molecule is CCCC1(CC)OCCc2c1[nH]c1cc(O)ccc21. The minimum absolute atomic E-state index is 0.170. The number of hydrogen-bond donors (Lipinski definition) is 2. The Labute approximate surface area is 113 Å². The lowest BCUT2D eigenvalue weighted by molar-refractivity contribution is -0.0723. The number of H-pyrrole nitrogens is 1. The monoisotopic (exact) mass is 259 g/mol. The van der Waals surface area contributed by atoms with E-state index >= 15 is 0 Å². The first kappa shape index (κ1) is 12.5. The summed E-state index contributed by atoms with van der Waals surface area (Å²) in [6.45, 7) is 5.17. The van der Waals surface area contributed by atoms with Crippen LogP contribution in [0.5, 0.6) is 5.75 Å². The van der Waals surface area contributed by atoms with Crippen LogP contribution in [0.1, 0.15) is 44.4 Å². The van der Waals surface area contributed by atoms with E-state index in [1.54, 1.807) is 12.1 Å². The second kappa shape index (κ2) is 4.57. The molecule has 2 N–H and O–H groups in total. The molecule has 1 aromatic carbocycles. The molecule has 1 aromatic heterocycles. The van der Waals surface area contributed by atoms with E-state index in [-0.39, 0.29) is 5.60 Å². The molecule has 3 heteroatoms. The second-order valence-electron chi connectivity index (χ2n) is 5.40. The zero-order valence-electron chi connectivity index (χ0n) is 11.6. The zero-order chi connectivity index (χ0) is 13.5. The van der Waals surface area contributed by atoms with Crippen LogP contribution in [-0.2, 0) is 16.8 Å². The number of hydrogen-bond acceptors (Lipinski definition) is 2. The molecule has 2 aromatic rings. The molecule has 0 fully saturated rings. The Morgan fingerprint density at radius 1 is 1.37 bits per heavy atom. The van der Waals surface area contributed by atoms with Gasteiger partial charge in [0.05, 0.1) is 12.3 Å². The average molecular weight is 259 g/mol. The summed E-state index contributed by atoms with van der Waals surface area (Å²) >= 11 is 0. The maximum atomic E-state index is 9.63. The van der Waals surface area contributed by atoms with Gasteiger partial charge in [-0.25, -0.2) is 0 Å². The summed E-state index contributed by atoms with van der Waals surface area (Å²) in [5.41, 5.74) is 3.45. The van der Waals surface area contributed by atoms with Gasteiger partial charge in [-0.2, -0.15) is 0 Å². The van der Waals surface area contributed by atoms with E-state index < -0.39 is 0 Å². The lowest BCUT2D eigenvalue weighted by Gasteiger charge is -2.36. The highest BCUT2D eigenvalue weighted by Gasteiger charge is 2.37. The van der Waals surface area contributed by atoms with Gasteiger partial charge in [-0.15, -0.1) is 0 Å². The number of rotatable bonds is 3. The molecule has 1 unspecified atom stereocenters. The molecule has 3 rings (SSSR count). The van der Waals surface area contributed by atoms with Gasteiger partial charge in [0, 0.05) is 17.0 Å². The normalized spacial score (nSPS) is 22.6. The highest BCUT2D eigenvalue weighted by molar-refractivity contribution is 5.86. The maximum Gasteiger partial charge on any atom is 0.117 e. The lowest BCUT2D eigenvalue weighted by atomic mass is 9.85. The predicted molar refractivity (Wildman–Crippen MR) is 76.5 cm³/mol. The summed E-state index contributed by atoms with van der Waals surface area (Å²) in [5.74, 6) is 0.310. The summed E-state index contributed by atoms with van der Waals surface area (Å²) < 4.78 is 6.15. The Morgan fingerprint density at radius 2 is 2.21 bits per heavy atom. The maximum absolute atomic E-state index is 9.63. The minimum atomic E-state index is -0.170. The summed E-state index contributed by atoms with van der Waals surface area (Å²) in [6, 6.07) is 5.58. The van der Waals surface area contributed by atoms with E-state index in [4.69, 9.17) is 4.74 Å². The fourth-order valence-corrected chi connectivity index (χ4v) is 3.37. The first-order chi connectivity index (χ1) is 9.20. The summed E-state index contributed by atoms with van der Waals surface area (Å²) in [4.78, 5) is 3.50. The van der Waals surface area contributed by atoms with Crippen LogP contribution < -0.4 is 0 Å². The van der Waals surface area contributed by atoms with Crippen LogP contribution in [0.15, 0.2) is 18.2 Å². The van der Waals surface area contributed by atoms with Gasteiger partial charge >= 0.3 is 0 Å². The van der Waals surface area contributed by atoms with Gasteiger partial charge < -0.3 is 14.8 Å². The van der Waals surface area contributed by atoms with Crippen molar-refractivity contribution in [2.45, 2.75) is 45.1 Å². The molecule has 3 nitrogen and oxygen atoms in total. The molecule has 102 valence electrons. The third-order valence-electron chi connectivity index (χ3n) is 4.30. The van der Waals surface area contributed by atoms with E-state index in [9.17, 15) is 5.11 Å². The van der Waals surface area contributed by atoms with Crippen molar-refractivity contribution in [2.24, 2.45) is 0 Å². The van der Waals surface area contributed by atoms with Crippen LogP contribution in [0.25, 0.3) is 10.9 Å². The Balaban J connectivity index is 2.21. The fraction of sp³-hybridized carbons (Fsp3) is 0.500. The van der Waals surface area contributed by atoms with Crippen molar-refractivity contribution in [1.82, 2.24) is 4.98 Å². The average Bonchev–Trinajstić information content (AvgIpc) is 2.78. The minimum Gasteiger partial charge on any atom is -0.508 e. The van der Waals surface area contributed by atoms with Crippen molar-refractivity contribution in [1.29, 1.82) is 0 Å². The van der Waals surface area contributed by atoms with Crippen molar-refractivity contribution >= 4 is 10.9 Å². The van der Waals surface area contributed by atoms with Gasteiger partial charge in [0.2, 0.25) is 0 Å². The van der Waals surface area contributed by atoms with Crippen LogP contribution in [-0.4, -0.2) is 16.7 Å². The number of nitrogens with one attached hydrogen (secondary N) is 1. The molecule has 0 spiro atoms. The lowest BCUT2D eigenvalue weighted by Crippen LogP contribution is -2.35. The molecule has 2 heterocycles. The largest absolute Gasteiger partial charge is 0.508 e. The first-order valence-corrected chi connectivity index (χ1v) is 7.18. The molecule has 0 saturated heterocycles. The number of aromatic hydroxyl groups is 1. The van der Waals surface area contributed by atoms with Crippen molar-refractivity contribution < 1.29 is 9.84 Å². The molecule has 0 saturated carbocycles. The molecule has 1 atom stereocenters. The molecular weight excluding hydrogens is 238 g/mol. The predicted octanol–water partition coefficient (Wildman–Crippen LogP) is 3.85. The van der Waals surface area contributed by atoms with Gasteiger partial charge in [0.1, 0.15) is 11.4 Å².